The van der Waals surface area contributed by atoms with E-state index < -0.39 is 15.9 Å². The van der Waals surface area contributed by atoms with Crippen molar-refractivity contribution < 1.29 is 22.7 Å². The number of nitrogens with zero attached hydrogens (tertiary/aromatic N) is 1. The minimum Gasteiger partial charge on any atom is -0.497 e. The zero-order valence-corrected chi connectivity index (χ0v) is 19.8. The summed E-state index contributed by atoms with van der Waals surface area (Å²) in [6.45, 7) is 4.99. The van der Waals surface area contributed by atoms with E-state index in [1.54, 1.807) is 26.2 Å². The Hall–Kier alpha value is -2.94. The van der Waals surface area contributed by atoms with Crippen molar-refractivity contribution in [2.24, 2.45) is 0 Å². The molecule has 1 amide bonds. The molecule has 0 aliphatic carbocycles. The lowest BCUT2D eigenvalue weighted by molar-refractivity contribution is -0.117. The van der Waals surface area contributed by atoms with Gasteiger partial charge < -0.3 is 14.8 Å². The third kappa shape index (κ3) is 4.88. The predicted molar refractivity (Wildman–Crippen MR) is 128 cm³/mol. The van der Waals surface area contributed by atoms with E-state index in [2.05, 4.69) is 5.32 Å². The highest BCUT2D eigenvalue weighted by Crippen LogP contribution is 2.28. The van der Waals surface area contributed by atoms with Crippen LogP contribution in [0.25, 0.3) is 10.8 Å². The number of rotatable bonds is 6. The highest BCUT2D eigenvalue weighted by molar-refractivity contribution is 7.89. The number of methoxy groups -OCH3 is 1. The van der Waals surface area contributed by atoms with E-state index in [4.69, 9.17) is 9.47 Å². The molecule has 0 spiro atoms. The molecule has 1 N–H and O–H groups in total. The molecule has 1 atom stereocenters. The number of carbonyl (C=O) groups is 1. The Morgan fingerprint density at radius 1 is 1.03 bits per heavy atom. The SMILES string of the molecule is COc1ccc2cc([C@H](C)C(=O)Nc3ccc(C)c(S(=O)(=O)N4CCOCC4)c3)ccc2c1. The zero-order chi connectivity index (χ0) is 23.6. The summed E-state index contributed by atoms with van der Waals surface area (Å²) in [6, 6.07) is 16.7. The van der Waals surface area contributed by atoms with Crippen LogP contribution in [0.1, 0.15) is 24.0 Å². The topological polar surface area (TPSA) is 84.9 Å². The lowest BCUT2D eigenvalue weighted by atomic mass is 9.97. The summed E-state index contributed by atoms with van der Waals surface area (Å²) in [5.41, 5.74) is 1.96. The van der Waals surface area contributed by atoms with Crippen LogP contribution in [-0.2, 0) is 19.6 Å². The minimum atomic E-state index is -3.66. The lowest BCUT2D eigenvalue weighted by Gasteiger charge is -2.27. The van der Waals surface area contributed by atoms with Gasteiger partial charge in [0.1, 0.15) is 5.75 Å². The second kappa shape index (κ2) is 9.51. The largest absolute Gasteiger partial charge is 0.497 e. The standard InChI is InChI=1S/C25H28N2O5S/c1-17-4-8-22(16-24(17)33(29,30)27-10-12-32-13-11-27)26-25(28)18(2)19-5-6-21-15-23(31-3)9-7-20(21)14-19/h4-9,14-16,18H,10-13H2,1-3H3,(H,26,28)/t18-/m0/s1. The molecule has 174 valence electrons. The molecular formula is C25H28N2O5S. The van der Waals surface area contributed by atoms with E-state index >= 15 is 0 Å². The van der Waals surface area contributed by atoms with Gasteiger partial charge in [-0.2, -0.15) is 4.31 Å². The van der Waals surface area contributed by atoms with Crippen molar-refractivity contribution in [2.75, 3.05) is 38.7 Å². The van der Waals surface area contributed by atoms with Gasteiger partial charge in [-0.3, -0.25) is 4.79 Å². The number of anilines is 1. The first kappa shape index (κ1) is 23.2. The first-order valence-electron chi connectivity index (χ1n) is 10.9. The molecule has 0 aromatic heterocycles. The molecule has 1 aliphatic rings. The summed E-state index contributed by atoms with van der Waals surface area (Å²) < 4.78 is 38.2. The zero-order valence-electron chi connectivity index (χ0n) is 19.0. The lowest BCUT2D eigenvalue weighted by Crippen LogP contribution is -2.40. The highest BCUT2D eigenvalue weighted by atomic mass is 32.2. The van der Waals surface area contributed by atoms with E-state index in [9.17, 15) is 13.2 Å². The predicted octanol–water partition coefficient (Wildman–Crippen LogP) is 3.92. The molecule has 0 bridgehead atoms. The number of sulfonamides is 1. The monoisotopic (exact) mass is 468 g/mol. The number of amides is 1. The number of hydrogen-bond acceptors (Lipinski definition) is 5. The second-order valence-corrected chi connectivity index (χ2v) is 10.1. The fourth-order valence-corrected chi connectivity index (χ4v) is 5.58. The Bertz CT molecular complexity index is 1280. The fraction of sp³-hybridized carbons (Fsp3) is 0.320. The summed E-state index contributed by atoms with van der Waals surface area (Å²) in [5, 5.41) is 4.93. The number of carbonyl (C=O) groups excluding carboxylic acids is 1. The van der Waals surface area contributed by atoms with Crippen molar-refractivity contribution in [1.82, 2.24) is 4.31 Å². The maximum atomic E-state index is 13.1. The highest BCUT2D eigenvalue weighted by Gasteiger charge is 2.28. The number of morpholine rings is 1. The van der Waals surface area contributed by atoms with Gasteiger partial charge in [0.25, 0.3) is 0 Å². The molecule has 1 aliphatic heterocycles. The Labute approximate surface area is 194 Å². The van der Waals surface area contributed by atoms with Crippen molar-refractivity contribution in [3.05, 3.63) is 65.7 Å². The molecule has 33 heavy (non-hydrogen) atoms. The van der Waals surface area contributed by atoms with Gasteiger partial charge in [-0.25, -0.2) is 8.42 Å². The van der Waals surface area contributed by atoms with Crippen LogP contribution in [0.3, 0.4) is 0 Å². The van der Waals surface area contributed by atoms with Gasteiger partial charge in [-0.05, 0) is 60.0 Å². The average molecular weight is 469 g/mol. The van der Waals surface area contributed by atoms with Crippen molar-refractivity contribution in [1.29, 1.82) is 0 Å². The minimum absolute atomic E-state index is 0.203. The normalized spacial score (nSPS) is 15.8. The molecule has 8 heteroatoms. The molecule has 7 nitrogen and oxygen atoms in total. The van der Waals surface area contributed by atoms with Crippen LogP contribution in [0, 0.1) is 6.92 Å². The van der Waals surface area contributed by atoms with Crippen LogP contribution >= 0.6 is 0 Å². The van der Waals surface area contributed by atoms with Crippen molar-refractivity contribution >= 4 is 32.4 Å². The summed E-state index contributed by atoms with van der Waals surface area (Å²) >= 11 is 0. The maximum Gasteiger partial charge on any atom is 0.243 e. The molecule has 1 heterocycles. The molecule has 0 saturated carbocycles. The number of ether oxygens (including phenoxy) is 2. The molecule has 3 aromatic carbocycles. The number of hydrogen-bond donors (Lipinski definition) is 1. The van der Waals surface area contributed by atoms with Crippen LogP contribution in [0.15, 0.2) is 59.5 Å². The van der Waals surface area contributed by atoms with E-state index in [1.165, 1.54) is 10.4 Å². The van der Waals surface area contributed by atoms with Gasteiger partial charge >= 0.3 is 0 Å². The van der Waals surface area contributed by atoms with Crippen molar-refractivity contribution in [3.63, 3.8) is 0 Å². The van der Waals surface area contributed by atoms with E-state index in [0.717, 1.165) is 22.1 Å². The summed E-state index contributed by atoms with van der Waals surface area (Å²) in [6.07, 6.45) is 0. The van der Waals surface area contributed by atoms with Gasteiger partial charge in [-0.15, -0.1) is 0 Å². The van der Waals surface area contributed by atoms with E-state index in [0.29, 0.717) is 37.6 Å². The molecule has 1 fully saturated rings. The first-order chi connectivity index (χ1) is 15.8. The van der Waals surface area contributed by atoms with Gasteiger partial charge in [0.2, 0.25) is 15.9 Å². The number of nitrogens with one attached hydrogen (secondary N) is 1. The van der Waals surface area contributed by atoms with Crippen LogP contribution in [-0.4, -0.2) is 52.0 Å². The van der Waals surface area contributed by atoms with E-state index in [-0.39, 0.29) is 10.8 Å². The van der Waals surface area contributed by atoms with Crippen LogP contribution in [0.4, 0.5) is 5.69 Å². The molecule has 0 radical (unpaired) electrons. The summed E-state index contributed by atoms with van der Waals surface area (Å²) in [7, 11) is -2.03. The summed E-state index contributed by atoms with van der Waals surface area (Å²) in [4.78, 5) is 13.2. The molecule has 1 saturated heterocycles. The quantitative estimate of drug-likeness (QED) is 0.593. The van der Waals surface area contributed by atoms with Gasteiger partial charge in [0, 0.05) is 18.8 Å². The third-order valence-electron chi connectivity index (χ3n) is 6.01. The third-order valence-corrected chi connectivity index (χ3v) is 8.05. The Kier molecular flexibility index (Phi) is 6.69. The van der Waals surface area contributed by atoms with Crippen molar-refractivity contribution in [3.8, 4) is 5.75 Å². The molecule has 4 rings (SSSR count). The smallest absolute Gasteiger partial charge is 0.243 e. The molecular weight excluding hydrogens is 440 g/mol. The molecule has 3 aromatic rings. The Balaban J connectivity index is 1.54. The Morgan fingerprint density at radius 3 is 2.45 bits per heavy atom. The average Bonchev–Trinajstić information content (AvgIpc) is 2.84. The van der Waals surface area contributed by atoms with Crippen molar-refractivity contribution in [2.45, 2.75) is 24.7 Å². The molecule has 0 unspecified atom stereocenters. The van der Waals surface area contributed by atoms with Gasteiger partial charge in [-0.1, -0.05) is 30.3 Å². The maximum absolute atomic E-state index is 13.1. The van der Waals surface area contributed by atoms with Crippen LogP contribution in [0.5, 0.6) is 5.75 Å². The first-order valence-corrected chi connectivity index (χ1v) is 12.3. The Morgan fingerprint density at radius 2 is 1.73 bits per heavy atom. The number of aryl methyl sites for hydroxylation is 1. The van der Waals surface area contributed by atoms with Crippen LogP contribution < -0.4 is 10.1 Å². The number of fused-ring (bicyclic) bond motifs is 1. The second-order valence-electron chi connectivity index (χ2n) is 8.18. The summed E-state index contributed by atoms with van der Waals surface area (Å²) in [5.74, 6) is 0.154. The van der Waals surface area contributed by atoms with Crippen LogP contribution in [0.2, 0.25) is 0 Å². The van der Waals surface area contributed by atoms with Gasteiger partial charge in [0.05, 0.1) is 31.1 Å². The van der Waals surface area contributed by atoms with E-state index in [1.807, 2.05) is 43.3 Å². The van der Waals surface area contributed by atoms with Gasteiger partial charge in [0.15, 0.2) is 0 Å². The fourth-order valence-electron chi connectivity index (χ4n) is 3.92. The number of benzene rings is 3.